The molecule has 2 rings (SSSR count). The van der Waals surface area contributed by atoms with E-state index in [1.54, 1.807) is 11.1 Å². The molecule has 2 N–H and O–H groups in total. The Kier molecular flexibility index (Phi) is 5.35. The number of nitrogens with zero attached hydrogens (tertiary/aromatic N) is 3. The van der Waals surface area contributed by atoms with Crippen molar-refractivity contribution in [3.63, 3.8) is 0 Å². The Morgan fingerprint density at radius 3 is 2.41 bits per heavy atom. The summed E-state index contributed by atoms with van der Waals surface area (Å²) in [6.07, 6.45) is 0. The molecule has 1 aliphatic rings. The number of anilines is 2. The molecule has 0 unspecified atom stereocenters. The molecular weight excluding hydrogens is 282 g/mol. The van der Waals surface area contributed by atoms with Gasteiger partial charge in [-0.2, -0.15) is 0 Å². The van der Waals surface area contributed by atoms with Crippen molar-refractivity contribution in [2.24, 2.45) is 0 Å². The fourth-order valence-electron chi connectivity index (χ4n) is 2.16. The monoisotopic (exact) mass is 305 g/mol. The summed E-state index contributed by atoms with van der Waals surface area (Å²) < 4.78 is 0. The van der Waals surface area contributed by atoms with Crippen molar-refractivity contribution in [3.8, 4) is 0 Å². The third-order valence-electron chi connectivity index (χ3n) is 3.59. The molecule has 1 saturated heterocycles. The molecule has 0 saturated carbocycles. The molecule has 0 aromatic heterocycles. The normalized spacial score (nSPS) is 16.1. The first kappa shape index (κ1) is 16.3. The number of likely N-dealkylation sites (N-methyl/N-ethyl adjacent to an activating group) is 1. The van der Waals surface area contributed by atoms with Crippen molar-refractivity contribution in [1.82, 2.24) is 15.3 Å². The standard InChI is InChI=1S/C15H23N5O2/c1-18(2)13-6-4-5-12(11-13)16-14(21)15(22)17-20-9-7-19(3)8-10-20/h4-6,11H,7-10H2,1-3H3,(H,16,21)(H,17,22). The number of piperazine rings is 1. The predicted molar refractivity (Wildman–Crippen MR) is 86.6 cm³/mol. The maximum Gasteiger partial charge on any atom is 0.323 e. The summed E-state index contributed by atoms with van der Waals surface area (Å²) in [5, 5.41) is 4.40. The average molecular weight is 305 g/mol. The lowest BCUT2D eigenvalue weighted by Crippen LogP contribution is -2.54. The fourth-order valence-corrected chi connectivity index (χ4v) is 2.16. The zero-order chi connectivity index (χ0) is 16.1. The largest absolute Gasteiger partial charge is 0.378 e. The maximum absolute atomic E-state index is 12.0. The summed E-state index contributed by atoms with van der Waals surface area (Å²) in [5.74, 6) is -1.30. The maximum atomic E-state index is 12.0. The highest BCUT2D eigenvalue weighted by molar-refractivity contribution is 6.39. The first-order valence-electron chi connectivity index (χ1n) is 7.28. The minimum atomic E-state index is -0.658. The van der Waals surface area contributed by atoms with Crippen LogP contribution in [0.25, 0.3) is 0 Å². The van der Waals surface area contributed by atoms with Gasteiger partial charge in [0.25, 0.3) is 0 Å². The number of nitrogens with one attached hydrogen (secondary N) is 2. The van der Waals surface area contributed by atoms with E-state index < -0.39 is 11.8 Å². The number of amides is 2. The van der Waals surface area contributed by atoms with E-state index in [4.69, 9.17) is 0 Å². The van der Waals surface area contributed by atoms with Crippen molar-refractivity contribution in [3.05, 3.63) is 24.3 Å². The molecule has 1 heterocycles. The van der Waals surface area contributed by atoms with Crippen molar-refractivity contribution >= 4 is 23.2 Å². The molecule has 120 valence electrons. The first-order chi connectivity index (χ1) is 10.5. The third-order valence-corrected chi connectivity index (χ3v) is 3.59. The molecule has 22 heavy (non-hydrogen) atoms. The second-order valence-corrected chi connectivity index (χ2v) is 5.63. The highest BCUT2D eigenvalue weighted by atomic mass is 16.2. The van der Waals surface area contributed by atoms with E-state index in [9.17, 15) is 9.59 Å². The van der Waals surface area contributed by atoms with Crippen LogP contribution in [0.3, 0.4) is 0 Å². The lowest BCUT2D eigenvalue weighted by atomic mass is 10.2. The van der Waals surface area contributed by atoms with Crippen LogP contribution in [0.2, 0.25) is 0 Å². The zero-order valence-corrected chi connectivity index (χ0v) is 13.3. The predicted octanol–water partition coefficient (Wildman–Crippen LogP) is -0.0303. The molecule has 2 amide bonds. The number of carbonyl (C=O) groups excluding carboxylic acids is 2. The Hall–Kier alpha value is -2.12. The Bertz CT molecular complexity index is 538. The van der Waals surface area contributed by atoms with Crippen molar-refractivity contribution in [2.45, 2.75) is 0 Å². The van der Waals surface area contributed by atoms with E-state index in [2.05, 4.69) is 15.6 Å². The minimum absolute atomic E-state index is 0.602. The van der Waals surface area contributed by atoms with Crippen LogP contribution in [0.4, 0.5) is 11.4 Å². The van der Waals surface area contributed by atoms with Crippen LogP contribution >= 0.6 is 0 Å². The Morgan fingerprint density at radius 1 is 1.09 bits per heavy atom. The van der Waals surface area contributed by atoms with Gasteiger partial charge in [-0.3, -0.25) is 15.0 Å². The van der Waals surface area contributed by atoms with Crippen LogP contribution in [0.5, 0.6) is 0 Å². The zero-order valence-electron chi connectivity index (χ0n) is 13.3. The van der Waals surface area contributed by atoms with Crippen LogP contribution in [0.15, 0.2) is 24.3 Å². The van der Waals surface area contributed by atoms with Crippen LogP contribution in [0.1, 0.15) is 0 Å². The van der Waals surface area contributed by atoms with Crippen LogP contribution < -0.4 is 15.6 Å². The van der Waals surface area contributed by atoms with Gasteiger partial charge < -0.3 is 15.1 Å². The van der Waals surface area contributed by atoms with Gasteiger partial charge in [-0.05, 0) is 25.2 Å². The molecule has 7 nitrogen and oxygen atoms in total. The van der Waals surface area contributed by atoms with Gasteiger partial charge in [0.05, 0.1) is 0 Å². The van der Waals surface area contributed by atoms with E-state index in [0.29, 0.717) is 18.8 Å². The second kappa shape index (κ2) is 7.24. The SMILES string of the molecule is CN1CCN(NC(=O)C(=O)Nc2cccc(N(C)C)c2)CC1. The van der Waals surface area contributed by atoms with E-state index in [1.165, 1.54) is 0 Å². The van der Waals surface area contributed by atoms with Gasteiger partial charge in [0.15, 0.2) is 0 Å². The molecule has 1 fully saturated rings. The minimum Gasteiger partial charge on any atom is -0.378 e. The Balaban J connectivity index is 1.88. The summed E-state index contributed by atoms with van der Waals surface area (Å²) >= 11 is 0. The number of hydrazine groups is 1. The second-order valence-electron chi connectivity index (χ2n) is 5.63. The summed E-state index contributed by atoms with van der Waals surface area (Å²) in [4.78, 5) is 28.0. The van der Waals surface area contributed by atoms with E-state index >= 15 is 0 Å². The van der Waals surface area contributed by atoms with Gasteiger partial charge in [-0.15, -0.1) is 0 Å². The van der Waals surface area contributed by atoms with Crippen molar-refractivity contribution in [2.75, 3.05) is 57.5 Å². The van der Waals surface area contributed by atoms with Crippen LogP contribution in [0, 0.1) is 0 Å². The lowest BCUT2D eigenvalue weighted by Gasteiger charge is -2.32. The summed E-state index contributed by atoms with van der Waals surface area (Å²) in [6.45, 7) is 3.16. The number of carbonyl (C=O) groups is 2. The summed E-state index contributed by atoms with van der Waals surface area (Å²) in [6, 6.07) is 7.35. The average Bonchev–Trinajstić information content (AvgIpc) is 2.49. The highest BCUT2D eigenvalue weighted by Crippen LogP contribution is 2.17. The van der Waals surface area contributed by atoms with Gasteiger partial charge in [-0.25, -0.2) is 5.01 Å². The quantitative estimate of drug-likeness (QED) is 0.768. The summed E-state index contributed by atoms with van der Waals surface area (Å²) in [7, 11) is 5.87. The number of benzene rings is 1. The van der Waals surface area contributed by atoms with Crippen molar-refractivity contribution < 1.29 is 9.59 Å². The number of hydrogen-bond acceptors (Lipinski definition) is 5. The third kappa shape index (κ3) is 4.44. The van der Waals surface area contributed by atoms with Crippen LogP contribution in [-0.4, -0.2) is 69.0 Å². The topological polar surface area (TPSA) is 67.9 Å². The fraction of sp³-hybridized carbons (Fsp3) is 0.467. The summed E-state index contributed by atoms with van der Waals surface area (Å²) in [5.41, 5.74) is 4.20. The van der Waals surface area contributed by atoms with Gasteiger partial charge in [0, 0.05) is 51.6 Å². The van der Waals surface area contributed by atoms with Gasteiger partial charge in [0.1, 0.15) is 0 Å². The highest BCUT2D eigenvalue weighted by Gasteiger charge is 2.20. The molecule has 0 spiro atoms. The lowest BCUT2D eigenvalue weighted by molar-refractivity contribution is -0.139. The Labute approximate surface area is 130 Å². The van der Waals surface area contributed by atoms with Gasteiger partial charge in [-0.1, -0.05) is 6.07 Å². The van der Waals surface area contributed by atoms with Gasteiger partial charge in [0.2, 0.25) is 0 Å². The molecule has 0 aliphatic carbocycles. The molecule has 0 radical (unpaired) electrons. The molecule has 1 aliphatic heterocycles. The van der Waals surface area contributed by atoms with Crippen molar-refractivity contribution in [1.29, 1.82) is 0 Å². The smallest absolute Gasteiger partial charge is 0.323 e. The van der Waals surface area contributed by atoms with Gasteiger partial charge >= 0.3 is 11.8 Å². The van der Waals surface area contributed by atoms with E-state index in [0.717, 1.165) is 18.8 Å². The van der Waals surface area contributed by atoms with Crippen LogP contribution in [-0.2, 0) is 9.59 Å². The molecular formula is C15H23N5O2. The number of rotatable bonds is 3. The molecule has 0 bridgehead atoms. The molecule has 1 aromatic carbocycles. The number of hydrogen-bond donors (Lipinski definition) is 2. The first-order valence-corrected chi connectivity index (χ1v) is 7.28. The van der Waals surface area contributed by atoms with E-state index in [1.807, 2.05) is 44.2 Å². The Morgan fingerprint density at radius 2 is 1.77 bits per heavy atom. The molecule has 1 aromatic rings. The molecule has 7 heteroatoms. The molecule has 0 atom stereocenters. The van der Waals surface area contributed by atoms with E-state index in [-0.39, 0.29) is 0 Å².